The van der Waals surface area contributed by atoms with Gasteiger partial charge in [-0.1, -0.05) is 23.9 Å². The number of carbonyl (C=O) groups excluding carboxylic acids is 2. The van der Waals surface area contributed by atoms with Crippen LogP contribution in [0.15, 0.2) is 34.5 Å². The molecule has 1 fully saturated rings. The Bertz CT molecular complexity index is 749. The number of carbonyl (C=O) groups is 3. The minimum atomic E-state index is -1.15. The van der Waals surface area contributed by atoms with Crippen molar-refractivity contribution in [2.75, 3.05) is 0 Å². The molecule has 2 amide bonds. The van der Waals surface area contributed by atoms with Crippen LogP contribution in [0.4, 0.5) is 0 Å². The fourth-order valence-electron chi connectivity index (χ4n) is 1.86. The predicted octanol–water partition coefficient (Wildman–Crippen LogP) is 0.293. The van der Waals surface area contributed by atoms with Crippen LogP contribution < -0.4 is 10.6 Å². The summed E-state index contributed by atoms with van der Waals surface area (Å²) in [6.45, 7) is 1.34. The molecule has 2 atom stereocenters. The summed E-state index contributed by atoms with van der Waals surface area (Å²) < 4.78 is 0. The summed E-state index contributed by atoms with van der Waals surface area (Å²) in [5, 5.41) is 30.3. The second-order valence-corrected chi connectivity index (χ2v) is 6.33. The number of hydrogen-bond acceptors (Lipinski definition) is 7. The number of aliphatic carboxylic acids is 1. The Balaban J connectivity index is 1.92. The van der Waals surface area contributed by atoms with Gasteiger partial charge >= 0.3 is 5.97 Å². The number of amidine groups is 1. The van der Waals surface area contributed by atoms with Crippen LogP contribution in [-0.4, -0.2) is 50.7 Å². The van der Waals surface area contributed by atoms with Gasteiger partial charge < -0.3 is 20.8 Å². The fourth-order valence-corrected chi connectivity index (χ4v) is 2.78. The van der Waals surface area contributed by atoms with Gasteiger partial charge in [-0.3, -0.25) is 14.4 Å². The maximum absolute atomic E-state index is 11.8. The maximum Gasteiger partial charge on any atom is 0.325 e. The zero-order valence-electron chi connectivity index (χ0n) is 13.2. The van der Waals surface area contributed by atoms with E-state index >= 15 is 0 Å². The van der Waals surface area contributed by atoms with E-state index in [0.29, 0.717) is 5.56 Å². The van der Waals surface area contributed by atoms with E-state index in [4.69, 9.17) is 5.11 Å². The number of carboxylic acid groups (broad SMARTS) is 1. The molecule has 1 aromatic carbocycles. The summed E-state index contributed by atoms with van der Waals surface area (Å²) in [7, 11) is 0. The summed E-state index contributed by atoms with van der Waals surface area (Å²) in [6, 6.07) is 5.53. The molecule has 9 nitrogen and oxygen atoms in total. The number of aromatic hydroxyl groups is 1. The van der Waals surface area contributed by atoms with Gasteiger partial charge in [-0.25, -0.2) is 0 Å². The highest BCUT2D eigenvalue weighted by Gasteiger charge is 2.32. The van der Waals surface area contributed by atoms with Crippen molar-refractivity contribution in [2.45, 2.75) is 24.6 Å². The smallest absolute Gasteiger partial charge is 0.325 e. The molecule has 1 aliphatic rings. The second kappa shape index (κ2) is 8.29. The Morgan fingerprint density at radius 3 is 2.84 bits per heavy atom. The molecule has 0 spiro atoms. The molecule has 0 bridgehead atoms. The normalized spacial score (nSPS) is 19.8. The minimum Gasteiger partial charge on any atom is -0.507 e. The highest BCUT2D eigenvalue weighted by atomic mass is 32.2. The third kappa shape index (κ3) is 5.31. The molecule has 4 N–H and O–H groups in total. The van der Waals surface area contributed by atoms with Crippen molar-refractivity contribution in [2.24, 2.45) is 10.2 Å². The van der Waals surface area contributed by atoms with E-state index in [1.807, 2.05) is 0 Å². The Hall–Kier alpha value is -2.88. The van der Waals surface area contributed by atoms with Gasteiger partial charge in [0.05, 0.1) is 6.21 Å². The average molecular weight is 364 g/mol. The van der Waals surface area contributed by atoms with Gasteiger partial charge in [0.15, 0.2) is 5.17 Å². The standard InChI is InChI=1S/C15H16N4O5S/c1-8(14(23)24)17-12(21)6-11-13(22)18-15(25-11)19-16-7-9-4-2-3-5-10(9)20/h2-5,7-8,11,20H,6H2,1H3,(H,17,21)(H,23,24)(H,18,19,22)/b16-7-/t8-,11-/m0/s1. The maximum atomic E-state index is 11.8. The van der Waals surface area contributed by atoms with Gasteiger partial charge in [0.1, 0.15) is 17.0 Å². The van der Waals surface area contributed by atoms with E-state index in [9.17, 15) is 19.5 Å². The van der Waals surface area contributed by atoms with Gasteiger partial charge in [0.2, 0.25) is 11.8 Å². The zero-order valence-corrected chi connectivity index (χ0v) is 14.0. The second-order valence-electron chi connectivity index (χ2n) is 5.14. The number of rotatable bonds is 6. The van der Waals surface area contributed by atoms with Crippen LogP contribution >= 0.6 is 11.8 Å². The van der Waals surface area contributed by atoms with Crippen molar-refractivity contribution in [1.82, 2.24) is 10.6 Å². The molecular weight excluding hydrogens is 348 g/mol. The molecule has 0 radical (unpaired) electrons. The van der Waals surface area contributed by atoms with Crippen LogP contribution in [0.25, 0.3) is 0 Å². The molecule has 1 aliphatic heterocycles. The van der Waals surface area contributed by atoms with Crippen LogP contribution in [0, 0.1) is 0 Å². The molecule has 0 unspecified atom stereocenters. The first kappa shape index (κ1) is 18.5. The molecule has 132 valence electrons. The molecule has 0 aliphatic carbocycles. The van der Waals surface area contributed by atoms with E-state index < -0.39 is 29.1 Å². The largest absolute Gasteiger partial charge is 0.507 e. The van der Waals surface area contributed by atoms with Gasteiger partial charge in [-0.15, -0.1) is 5.10 Å². The summed E-state index contributed by atoms with van der Waals surface area (Å²) in [5.41, 5.74) is 0.472. The highest BCUT2D eigenvalue weighted by molar-refractivity contribution is 8.15. The molecule has 1 heterocycles. The zero-order chi connectivity index (χ0) is 18.4. The molecule has 1 saturated heterocycles. The molecule has 0 aromatic heterocycles. The number of nitrogens with zero attached hydrogens (tertiary/aromatic N) is 2. The Kier molecular flexibility index (Phi) is 6.12. The molecule has 2 rings (SSSR count). The van der Waals surface area contributed by atoms with Crippen LogP contribution in [-0.2, 0) is 14.4 Å². The summed E-state index contributed by atoms with van der Waals surface area (Å²) in [6.07, 6.45) is 1.17. The first-order valence-electron chi connectivity index (χ1n) is 7.25. The average Bonchev–Trinajstić information content (AvgIpc) is 2.88. The van der Waals surface area contributed by atoms with Gasteiger partial charge in [-0.2, -0.15) is 5.10 Å². The van der Waals surface area contributed by atoms with E-state index in [-0.39, 0.29) is 17.3 Å². The Morgan fingerprint density at radius 1 is 1.44 bits per heavy atom. The lowest BCUT2D eigenvalue weighted by Crippen LogP contribution is -2.40. The van der Waals surface area contributed by atoms with Crippen LogP contribution in [0.2, 0.25) is 0 Å². The summed E-state index contributed by atoms with van der Waals surface area (Å²) >= 11 is 1.03. The number of phenols is 1. The minimum absolute atomic E-state index is 0.0525. The Labute approximate surface area is 147 Å². The topological polar surface area (TPSA) is 140 Å². The van der Waals surface area contributed by atoms with Crippen molar-refractivity contribution >= 4 is 40.9 Å². The lowest BCUT2D eigenvalue weighted by atomic mass is 10.2. The number of hydrogen-bond donors (Lipinski definition) is 4. The number of thioether (sulfide) groups is 1. The summed E-state index contributed by atoms with van der Waals surface area (Å²) in [5.74, 6) is -2.05. The first-order chi connectivity index (χ1) is 11.9. The molecule has 10 heteroatoms. The van der Waals surface area contributed by atoms with Crippen molar-refractivity contribution in [3.05, 3.63) is 29.8 Å². The molecular formula is C15H16N4O5S. The lowest BCUT2D eigenvalue weighted by Gasteiger charge is -2.10. The number of benzene rings is 1. The van der Waals surface area contributed by atoms with E-state index in [1.54, 1.807) is 18.2 Å². The van der Waals surface area contributed by atoms with Crippen molar-refractivity contribution in [1.29, 1.82) is 0 Å². The lowest BCUT2D eigenvalue weighted by molar-refractivity contribution is -0.141. The van der Waals surface area contributed by atoms with Gasteiger partial charge in [0.25, 0.3) is 0 Å². The van der Waals surface area contributed by atoms with Gasteiger partial charge in [0, 0.05) is 12.0 Å². The van der Waals surface area contributed by atoms with E-state index in [0.717, 1.165) is 11.8 Å². The van der Waals surface area contributed by atoms with Crippen molar-refractivity contribution in [3.8, 4) is 5.75 Å². The number of phenolic OH excluding ortho intramolecular Hbond substituents is 1. The molecule has 0 saturated carbocycles. The van der Waals surface area contributed by atoms with Crippen LogP contribution in [0.1, 0.15) is 18.9 Å². The number of carboxylic acids is 1. The number of para-hydroxylation sites is 1. The number of nitrogens with one attached hydrogen (secondary N) is 2. The van der Waals surface area contributed by atoms with E-state index in [1.165, 1.54) is 19.2 Å². The monoisotopic (exact) mass is 364 g/mol. The molecule has 25 heavy (non-hydrogen) atoms. The van der Waals surface area contributed by atoms with Crippen LogP contribution in [0.5, 0.6) is 5.75 Å². The van der Waals surface area contributed by atoms with Crippen molar-refractivity contribution in [3.63, 3.8) is 0 Å². The fraction of sp³-hybridized carbons (Fsp3) is 0.267. The number of amides is 2. The third-order valence-electron chi connectivity index (χ3n) is 3.18. The first-order valence-corrected chi connectivity index (χ1v) is 8.13. The summed E-state index contributed by atoms with van der Waals surface area (Å²) in [4.78, 5) is 34.3. The molecule has 1 aromatic rings. The SMILES string of the molecule is C[C@H](NC(=O)C[C@@H]1S/C(=N\N=C/c2ccccc2O)NC1=O)C(=O)O. The Morgan fingerprint density at radius 2 is 2.16 bits per heavy atom. The van der Waals surface area contributed by atoms with Gasteiger partial charge in [-0.05, 0) is 19.1 Å². The predicted molar refractivity (Wildman–Crippen MR) is 92.5 cm³/mol. The van der Waals surface area contributed by atoms with E-state index in [2.05, 4.69) is 20.8 Å². The van der Waals surface area contributed by atoms with Crippen LogP contribution in [0.3, 0.4) is 0 Å². The highest BCUT2D eigenvalue weighted by Crippen LogP contribution is 2.22. The quantitative estimate of drug-likeness (QED) is 0.422. The van der Waals surface area contributed by atoms with Crippen molar-refractivity contribution < 1.29 is 24.6 Å². The third-order valence-corrected chi connectivity index (χ3v) is 4.25.